The Morgan fingerprint density at radius 3 is 2.59 bits per heavy atom. The first-order valence-corrected chi connectivity index (χ1v) is 12.4. The molecule has 1 amide bonds. The van der Waals surface area contributed by atoms with Gasteiger partial charge in [0.15, 0.2) is 0 Å². The van der Waals surface area contributed by atoms with Gasteiger partial charge in [-0.3, -0.25) is 9.78 Å². The molecule has 2 aromatic carbocycles. The number of ether oxygens (including phenoxy) is 1. The highest BCUT2D eigenvalue weighted by Gasteiger charge is 2.18. The molecule has 168 valence electrons. The first-order chi connectivity index (χ1) is 15.4. The molecule has 0 aliphatic carbocycles. The van der Waals surface area contributed by atoms with Gasteiger partial charge in [0.05, 0.1) is 11.5 Å². The largest absolute Gasteiger partial charge is 0.383 e. The van der Waals surface area contributed by atoms with Gasteiger partial charge >= 0.3 is 0 Å². The van der Waals surface area contributed by atoms with Crippen molar-refractivity contribution in [2.45, 2.75) is 22.5 Å². The van der Waals surface area contributed by atoms with Gasteiger partial charge in [-0.2, -0.15) is 0 Å². The molecule has 7 nitrogen and oxygen atoms in total. The fraction of sp³-hybridized carbons (Fsp3) is 0.217. The van der Waals surface area contributed by atoms with Crippen LogP contribution in [0.5, 0.6) is 0 Å². The molecular formula is C23H25N3O4S2. The van der Waals surface area contributed by atoms with Crippen molar-refractivity contribution in [2.75, 3.05) is 25.6 Å². The Morgan fingerprint density at radius 2 is 1.91 bits per heavy atom. The summed E-state index contributed by atoms with van der Waals surface area (Å²) in [5, 5.41) is 2.84. The number of anilines is 1. The van der Waals surface area contributed by atoms with Gasteiger partial charge in [0.25, 0.3) is 5.91 Å². The normalized spacial score (nSPS) is 11.3. The van der Waals surface area contributed by atoms with Gasteiger partial charge < -0.3 is 10.1 Å². The van der Waals surface area contributed by atoms with Gasteiger partial charge in [0, 0.05) is 47.9 Å². The molecular weight excluding hydrogens is 446 g/mol. The highest BCUT2D eigenvalue weighted by Crippen LogP contribution is 2.24. The molecule has 3 rings (SSSR count). The molecule has 2 N–H and O–H groups in total. The molecule has 0 spiro atoms. The molecule has 32 heavy (non-hydrogen) atoms. The number of pyridine rings is 1. The Balaban J connectivity index is 1.66. The molecule has 3 aromatic rings. The maximum Gasteiger partial charge on any atom is 0.255 e. The summed E-state index contributed by atoms with van der Waals surface area (Å²) in [7, 11) is -2.24. The molecule has 0 saturated carbocycles. The van der Waals surface area contributed by atoms with Crippen LogP contribution in [0.25, 0.3) is 0 Å². The molecule has 0 aliphatic rings. The zero-order chi connectivity index (χ0) is 23.0. The zero-order valence-electron chi connectivity index (χ0n) is 17.9. The van der Waals surface area contributed by atoms with Crippen molar-refractivity contribution in [2.24, 2.45) is 0 Å². The van der Waals surface area contributed by atoms with Crippen LogP contribution in [-0.2, 0) is 20.5 Å². The summed E-state index contributed by atoms with van der Waals surface area (Å²) in [6.45, 7) is 2.18. The van der Waals surface area contributed by atoms with Crippen molar-refractivity contribution in [3.05, 3.63) is 83.7 Å². The molecule has 0 fully saturated rings. The summed E-state index contributed by atoms with van der Waals surface area (Å²) in [5.74, 6) is 0.436. The number of carbonyl (C=O) groups is 1. The molecule has 0 aliphatic heterocycles. The monoisotopic (exact) mass is 471 g/mol. The minimum Gasteiger partial charge on any atom is -0.383 e. The lowest BCUT2D eigenvalue weighted by molar-refractivity contribution is 0.102. The maximum absolute atomic E-state index is 12.8. The van der Waals surface area contributed by atoms with Crippen LogP contribution in [-0.4, -0.2) is 39.6 Å². The Labute approximate surface area is 192 Å². The minimum absolute atomic E-state index is 0.0338. The number of sulfonamides is 1. The van der Waals surface area contributed by atoms with Crippen molar-refractivity contribution in [1.82, 2.24) is 9.71 Å². The Bertz CT molecular complexity index is 1150. The van der Waals surface area contributed by atoms with E-state index in [1.54, 1.807) is 30.9 Å². The second kappa shape index (κ2) is 11.2. The van der Waals surface area contributed by atoms with Crippen molar-refractivity contribution in [3.63, 3.8) is 0 Å². The fourth-order valence-electron chi connectivity index (χ4n) is 2.86. The van der Waals surface area contributed by atoms with Crippen LogP contribution in [0.2, 0.25) is 0 Å². The van der Waals surface area contributed by atoms with E-state index in [-0.39, 0.29) is 24.0 Å². The Kier molecular flexibility index (Phi) is 8.40. The van der Waals surface area contributed by atoms with Crippen molar-refractivity contribution in [1.29, 1.82) is 0 Å². The number of nitrogens with zero attached hydrogens (tertiary/aromatic N) is 1. The van der Waals surface area contributed by atoms with E-state index in [0.29, 0.717) is 16.8 Å². The van der Waals surface area contributed by atoms with E-state index >= 15 is 0 Å². The topological polar surface area (TPSA) is 97.4 Å². The highest BCUT2D eigenvalue weighted by atomic mass is 32.2. The number of amides is 1. The fourth-order valence-corrected chi connectivity index (χ4v) is 4.73. The zero-order valence-corrected chi connectivity index (χ0v) is 19.5. The Morgan fingerprint density at radius 1 is 1.12 bits per heavy atom. The summed E-state index contributed by atoms with van der Waals surface area (Å²) in [4.78, 5) is 18.0. The number of rotatable bonds is 10. The average molecular weight is 472 g/mol. The van der Waals surface area contributed by atoms with E-state index in [4.69, 9.17) is 4.74 Å². The van der Waals surface area contributed by atoms with Crippen molar-refractivity contribution in [3.8, 4) is 0 Å². The number of thioether (sulfide) groups is 1. The van der Waals surface area contributed by atoms with E-state index in [0.717, 1.165) is 16.2 Å². The van der Waals surface area contributed by atoms with E-state index in [2.05, 4.69) is 15.0 Å². The van der Waals surface area contributed by atoms with Gasteiger partial charge in [-0.15, -0.1) is 11.8 Å². The quantitative estimate of drug-likeness (QED) is 0.344. The number of benzene rings is 2. The SMILES string of the molecule is COCCNS(=O)(=O)c1ccc(C)c(C(=O)Nc2ccc(SCc3cccnc3)cc2)c1. The van der Waals surface area contributed by atoms with Crippen LogP contribution >= 0.6 is 11.8 Å². The van der Waals surface area contributed by atoms with Gasteiger partial charge in [0.1, 0.15) is 0 Å². The molecule has 0 unspecified atom stereocenters. The lowest BCUT2D eigenvalue weighted by atomic mass is 10.1. The lowest BCUT2D eigenvalue weighted by Gasteiger charge is -2.11. The maximum atomic E-state index is 12.8. The molecule has 9 heteroatoms. The number of aromatic nitrogens is 1. The predicted octanol–water partition coefficient (Wildman–Crippen LogP) is 3.86. The molecule has 1 aromatic heterocycles. The smallest absolute Gasteiger partial charge is 0.255 e. The van der Waals surface area contributed by atoms with Gasteiger partial charge in [-0.1, -0.05) is 12.1 Å². The summed E-state index contributed by atoms with van der Waals surface area (Å²) in [5.41, 5.74) is 2.75. The van der Waals surface area contributed by atoms with Gasteiger partial charge in [-0.05, 0) is 60.5 Å². The number of hydrogen-bond acceptors (Lipinski definition) is 6. The van der Waals surface area contributed by atoms with E-state index < -0.39 is 10.0 Å². The number of carbonyl (C=O) groups excluding carboxylic acids is 1. The van der Waals surface area contributed by atoms with Crippen LogP contribution in [0.1, 0.15) is 21.5 Å². The standard InChI is InChI=1S/C23H25N3O4S2/c1-17-5-10-21(32(28,29)25-12-13-30-2)14-22(17)23(27)26-19-6-8-20(9-7-19)31-16-18-4-3-11-24-15-18/h3-11,14-15,25H,12-13,16H2,1-2H3,(H,26,27). The summed E-state index contributed by atoms with van der Waals surface area (Å²) in [6.07, 6.45) is 3.59. The molecule has 1 heterocycles. The van der Waals surface area contributed by atoms with E-state index in [9.17, 15) is 13.2 Å². The van der Waals surface area contributed by atoms with Crippen LogP contribution < -0.4 is 10.0 Å². The number of hydrogen-bond donors (Lipinski definition) is 2. The van der Waals surface area contributed by atoms with Crippen LogP contribution in [0.3, 0.4) is 0 Å². The molecule has 0 saturated heterocycles. The third-order valence-corrected chi connectivity index (χ3v) is 7.14. The van der Waals surface area contributed by atoms with E-state index in [1.807, 2.05) is 42.6 Å². The first kappa shape index (κ1) is 23.9. The summed E-state index contributed by atoms with van der Waals surface area (Å²) >= 11 is 1.68. The first-order valence-electron chi connectivity index (χ1n) is 9.91. The third-order valence-electron chi connectivity index (χ3n) is 4.60. The van der Waals surface area contributed by atoms with Gasteiger partial charge in [-0.25, -0.2) is 13.1 Å². The Hall–Kier alpha value is -2.72. The van der Waals surface area contributed by atoms with Gasteiger partial charge in [0.2, 0.25) is 10.0 Å². The van der Waals surface area contributed by atoms with Crippen LogP contribution in [0, 0.1) is 6.92 Å². The van der Waals surface area contributed by atoms with E-state index in [1.165, 1.54) is 19.2 Å². The molecule has 0 atom stereocenters. The number of nitrogens with one attached hydrogen (secondary N) is 2. The summed E-state index contributed by atoms with van der Waals surface area (Å²) in [6, 6.07) is 15.9. The van der Waals surface area contributed by atoms with Crippen LogP contribution in [0.15, 0.2) is 76.8 Å². The number of methoxy groups -OCH3 is 1. The van der Waals surface area contributed by atoms with Crippen molar-refractivity contribution >= 4 is 33.4 Å². The summed E-state index contributed by atoms with van der Waals surface area (Å²) < 4.78 is 32.2. The highest BCUT2D eigenvalue weighted by molar-refractivity contribution is 7.98. The number of aryl methyl sites for hydroxylation is 1. The second-order valence-electron chi connectivity index (χ2n) is 7.00. The average Bonchev–Trinajstić information content (AvgIpc) is 2.79. The molecule has 0 bridgehead atoms. The second-order valence-corrected chi connectivity index (χ2v) is 9.81. The molecule has 0 radical (unpaired) electrons. The minimum atomic E-state index is -3.73. The third kappa shape index (κ3) is 6.64. The predicted molar refractivity (Wildman–Crippen MR) is 126 cm³/mol. The lowest BCUT2D eigenvalue weighted by Crippen LogP contribution is -2.27. The van der Waals surface area contributed by atoms with Crippen molar-refractivity contribution < 1.29 is 17.9 Å². The van der Waals surface area contributed by atoms with Crippen LogP contribution in [0.4, 0.5) is 5.69 Å².